The maximum atomic E-state index is 4.72. The first-order valence-corrected chi connectivity index (χ1v) is 8.01. The lowest BCUT2D eigenvalue weighted by Gasteiger charge is -2.33. The normalized spacial score (nSPS) is 16.4. The van der Waals surface area contributed by atoms with Crippen LogP contribution in [0.4, 0.5) is 11.8 Å². The summed E-state index contributed by atoms with van der Waals surface area (Å²) in [5.41, 5.74) is 1.02. The van der Waals surface area contributed by atoms with Gasteiger partial charge in [0.2, 0.25) is 5.95 Å². The molecular formula is C17H24N4. The predicted octanol–water partition coefficient (Wildman–Crippen LogP) is 3.69. The molecule has 0 spiro atoms. The van der Waals surface area contributed by atoms with Gasteiger partial charge in [-0.25, -0.2) is 4.98 Å². The molecule has 0 atom stereocenters. The first-order chi connectivity index (χ1) is 10.3. The van der Waals surface area contributed by atoms with Crippen LogP contribution >= 0.6 is 0 Å². The largest absolute Gasteiger partial charge is 0.357 e. The molecule has 1 aliphatic heterocycles. The summed E-state index contributed by atoms with van der Waals surface area (Å²) in [5.74, 6) is 2.68. The number of aromatic nitrogens is 2. The zero-order valence-electron chi connectivity index (χ0n) is 13.0. The van der Waals surface area contributed by atoms with E-state index in [1.165, 1.54) is 25.7 Å². The number of benzene rings is 1. The van der Waals surface area contributed by atoms with Crippen LogP contribution in [0.1, 0.15) is 32.6 Å². The Hall–Kier alpha value is -1.84. The highest BCUT2D eigenvalue weighted by atomic mass is 15.2. The standard InChI is InChI=1S/C17H24N4/c1-3-6-13-9-11-21(12-10-13)16-14-7-4-5-8-15(14)19-17(18-2)20-16/h4-5,7-8,13H,3,6,9-12H2,1-2H3,(H,18,19,20). The Labute approximate surface area is 126 Å². The van der Waals surface area contributed by atoms with Gasteiger partial charge in [-0.05, 0) is 30.9 Å². The monoisotopic (exact) mass is 284 g/mol. The molecule has 4 nitrogen and oxygen atoms in total. The van der Waals surface area contributed by atoms with E-state index in [-0.39, 0.29) is 0 Å². The molecule has 1 N–H and O–H groups in total. The van der Waals surface area contributed by atoms with Crippen molar-refractivity contribution in [2.45, 2.75) is 32.6 Å². The maximum absolute atomic E-state index is 4.72. The molecule has 112 valence electrons. The van der Waals surface area contributed by atoms with Crippen LogP contribution in [0.2, 0.25) is 0 Å². The zero-order valence-corrected chi connectivity index (χ0v) is 13.0. The van der Waals surface area contributed by atoms with E-state index in [1.807, 2.05) is 13.1 Å². The molecule has 2 aromatic rings. The molecule has 1 fully saturated rings. The van der Waals surface area contributed by atoms with Crippen LogP contribution in [-0.2, 0) is 0 Å². The summed E-state index contributed by atoms with van der Waals surface area (Å²) in [5, 5.41) is 4.24. The Balaban J connectivity index is 1.89. The van der Waals surface area contributed by atoms with Gasteiger partial charge in [0.1, 0.15) is 5.82 Å². The molecule has 4 heteroatoms. The SMILES string of the molecule is CCCC1CCN(c2nc(NC)nc3ccccc23)CC1. The number of fused-ring (bicyclic) bond motifs is 1. The summed E-state index contributed by atoms with van der Waals surface area (Å²) in [6.45, 7) is 4.49. The van der Waals surface area contributed by atoms with E-state index in [4.69, 9.17) is 4.98 Å². The number of rotatable bonds is 4. The van der Waals surface area contributed by atoms with Gasteiger partial charge < -0.3 is 10.2 Å². The Bertz CT molecular complexity index is 603. The van der Waals surface area contributed by atoms with Gasteiger partial charge >= 0.3 is 0 Å². The number of hydrogen-bond acceptors (Lipinski definition) is 4. The third-order valence-electron chi connectivity index (χ3n) is 4.42. The van der Waals surface area contributed by atoms with Gasteiger partial charge in [0.05, 0.1) is 5.52 Å². The fourth-order valence-electron chi connectivity index (χ4n) is 3.25. The van der Waals surface area contributed by atoms with E-state index in [0.29, 0.717) is 5.95 Å². The van der Waals surface area contributed by atoms with E-state index in [1.54, 1.807) is 0 Å². The Morgan fingerprint density at radius 3 is 2.67 bits per heavy atom. The van der Waals surface area contributed by atoms with Crippen molar-refractivity contribution in [3.05, 3.63) is 24.3 Å². The Morgan fingerprint density at radius 2 is 1.95 bits per heavy atom. The summed E-state index contributed by atoms with van der Waals surface area (Å²) in [7, 11) is 1.88. The highest BCUT2D eigenvalue weighted by Crippen LogP contribution is 2.30. The van der Waals surface area contributed by atoms with Crippen molar-refractivity contribution in [1.82, 2.24) is 9.97 Å². The number of nitrogens with one attached hydrogen (secondary N) is 1. The Kier molecular flexibility index (Phi) is 4.23. The molecule has 1 aliphatic rings. The lowest BCUT2D eigenvalue weighted by Crippen LogP contribution is -2.34. The van der Waals surface area contributed by atoms with Gasteiger partial charge in [0.15, 0.2) is 0 Å². The lowest BCUT2D eigenvalue weighted by atomic mass is 9.92. The minimum atomic E-state index is 0.708. The number of nitrogens with zero attached hydrogens (tertiary/aromatic N) is 3. The summed E-state index contributed by atoms with van der Waals surface area (Å²) in [6, 6.07) is 8.29. The Morgan fingerprint density at radius 1 is 1.19 bits per heavy atom. The summed E-state index contributed by atoms with van der Waals surface area (Å²) < 4.78 is 0. The average molecular weight is 284 g/mol. The van der Waals surface area contributed by atoms with Gasteiger partial charge in [-0.2, -0.15) is 4.98 Å². The number of piperidine rings is 1. The molecule has 1 saturated heterocycles. The van der Waals surface area contributed by atoms with Crippen LogP contribution < -0.4 is 10.2 Å². The van der Waals surface area contributed by atoms with Crippen LogP contribution in [0.5, 0.6) is 0 Å². The maximum Gasteiger partial charge on any atom is 0.224 e. The minimum absolute atomic E-state index is 0.708. The third-order valence-corrected chi connectivity index (χ3v) is 4.42. The van der Waals surface area contributed by atoms with Gasteiger partial charge in [-0.3, -0.25) is 0 Å². The summed E-state index contributed by atoms with van der Waals surface area (Å²) in [6.07, 6.45) is 5.22. The van der Waals surface area contributed by atoms with E-state index in [9.17, 15) is 0 Å². The summed E-state index contributed by atoms with van der Waals surface area (Å²) in [4.78, 5) is 11.7. The molecule has 0 amide bonds. The average Bonchev–Trinajstić information content (AvgIpc) is 2.55. The number of para-hydroxylation sites is 1. The smallest absolute Gasteiger partial charge is 0.224 e. The van der Waals surface area contributed by atoms with E-state index in [0.717, 1.165) is 35.7 Å². The molecule has 2 heterocycles. The minimum Gasteiger partial charge on any atom is -0.357 e. The molecule has 0 unspecified atom stereocenters. The van der Waals surface area contributed by atoms with Crippen LogP contribution in [-0.4, -0.2) is 30.1 Å². The van der Waals surface area contributed by atoms with Crippen molar-refractivity contribution in [2.24, 2.45) is 5.92 Å². The molecule has 1 aromatic carbocycles. The fourth-order valence-corrected chi connectivity index (χ4v) is 3.25. The quantitative estimate of drug-likeness (QED) is 0.929. The first kappa shape index (κ1) is 14.1. The molecular weight excluding hydrogens is 260 g/mol. The zero-order chi connectivity index (χ0) is 14.7. The van der Waals surface area contributed by atoms with Crippen molar-refractivity contribution in [3.63, 3.8) is 0 Å². The van der Waals surface area contributed by atoms with Crippen molar-refractivity contribution >= 4 is 22.7 Å². The molecule has 3 rings (SSSR count). The van der Waals surface area contributed by atoms with Gasteiger partial charge in [-0.1, -0.05) is 31.9 Å². The van der Waals surface area contributed by atoms with Crippen molar-refractivity contribution in [2.75, 3.05) is 30.4 Å². The number of anilines is 2. The van der Waals surface area contributed by atoms with E-state index in [2.05, 4.69) is 40.3 Å². The van der Waals surface area contributed by atoms with Crippen LogP contribution in [0.15, 0.2) is 24.3 Å². The predicted molar refractivity (Wildman–Crippen MR) is 88.9 cm³/mol. The second-order valence-electron chi connectivity index (χ2n) is 5.86. The van der Waals surface area contributed by atoms with Gasteiger partial charge in [0.25, 0.3) is 0 Å². The number of hydrogen-bond donors (Lipinski definition) is 1. The molecule has 0 aliphatic carbocycles. The first-order valence-electron chi connectivity index (χ1n) is 8.01. The van der Waals surface area contributed by atoms with Gasteiger partial charge in [0, 0.05) is 25.5 Å². The van der Waals surface area contributed by atoms with Gasteiger partial charge in [-0.15, -0.1) is 0 Å². The highest BCUT2D eigenvalue weighted by molar-refractivity contribution is 5.90. The topological polar surface area (TPSA) is 41.1 Å². The van der Waals surface area contributed by atoms with Crippen molar-refractivity contribution in [1.29, 1.82) is 0 Å². The molecule has 21 heavy (non-hydrogen) atoms. The van der Waals surface area contributed by atoms with Crippen LogP contribution in [0.25, 0.3) is 10.9 Å². The lowest BCUT2D eigenvalue weighted by molar-refractivity contribution is 0.378. The van der Waals surface area contributed by atoms with Crippen LogP contribution in [0.3, 0.4) is 0 Å². The van der Waals surface area contributed by atoms with Crippen molar-refractivity contribution in [3.8, 4) is 0 Å². The summed E-state index contributed by atoms with van der Waals surface area (Å²) >= 11 is 0. The van der Waals surface area contributed by atoms with E-state index >= 15 is 0 Å². The molecule has 0 bridgehead atoms. The molecule has 0 radical (unpaired) electrons. The highest BCUT2D eigenvalue weighted by Gasteiger charge is 2.21. The third kappa shape index (κ3) is 2.94. The van der Waals surface area contributed by atoms with Crippen LogP contribution in [0, 0.1) is 5.92 Å². The van der Waals surface area contributed by atoms with E-state index < -0.39 is 0 Å². The second kappa shape index (κ2) is 6.29. The fraction of sp³-hybridized carbons (Fsp3) is 0.529. The molecule has 0 saturated carbocycles. The second-order valence-corrected chi connectivity index (χ2v) is 5.86. The molecule has 1 aromatic heterocycles. The van der Waals surface area contributed by atoms with Crippen molar-refractivity contribution < 1.29 is 0 Å².